The van der Waals surface area contributed by atoms with E-state index >= 15 is 0 Å². The van der Waals surface area contributed by atoms with E-state index in [2.05, 4.69) is 17.3 Å². The highest BCUT2D eigenvalue weighted by Gasteiger charge is 2.21. The molecule has 18 heavy (non-hydrogen) atoms. The van der Waals surface area contributed by atoms with Crippen molar-refractivity contribution < 1.29 is 4.39 Å². The van der Waals surface area contributed by atoms with Crippen molar-refractivity contribution in [3.05, 3.63) is 46.0 Å². The second-order valence-corrected chi connectivity index (χ2v) is 4.77. The number of anilines is 1. The average Bonchev–Trinajstić information content (AvgIpc) is 2.68. The average molecular weight is 247 g/mol. The predicted molar refractivity (Wildman–Crippen MR) is 67.7 cm³/mol. The molecule has 2 aromatic rings. The van der Waals surface area contributed by atoms with E-state index in [-0.39, 0.29) is 11.4 Å². The molecule has 94 valence electrons. The molecule has 2 heterocycles. The Hall–Kier alpha value is -2.04. The van der Waals surface area contributed by atoms with Gasteiger partial charge in [0.15, 0.2) is 0 Å². The van der Waals surface area contributed by atoms with Crippen LogP contribution >= 0.6 is 0 Å². The van der Waals surface area contributed by atoms with Crippen molar-refractivity contribution in [3.8, 4) is 5.69 Å². The number of hydrogen-bond acceptors (Lipinski definition) is 2. The zero-order valence-corrected chi connectivity index (χ0v) is 10.0. The van der Waals surface area contributed by atoms with E-state index in [1.807, 2.05) is 0 Å². The monoisotopic (exact) mass is 247 g/mol. The lowest BCUT2D eigenvalue weighted by Crippen LogP contribution is -2.24. The van der Waals surface area contributed by atoms with Gasteiger partial charge in [0.25, 0.3) is 5.56 Å². The maximum Gasteiger partial charge on any atom is 0.276 e. The topological polar surface area (TPSA) is 49.8 Å². The summed E-state index contributed by atoms with van der Waals surface area (Å²) in [5.74, 6) is 0.917. The fourth-order valence-corrected chi connectivity index (χ4v) is 2.28. The van der Waals surface area contributed by atoms with Gasteiger partial charge in [-0.15, -0.1) is 0 Å². The molecule has 1 aromatic heterocycles. The van der Waals surface area contributed by atoms with Gasteiger partial charge in [-0.2, -0.15) is 0 Å². The van der Waals surface area contributed by atoms with Gasteiger partial charge in [0.05, 0.1) is 11.3 Å². The number of hydrogen-bond donors (Lipinski definition) is 2. The normalized spacial score (nSPS) is 18.2. The fraction of sp³-hybridized carbons (Fsp3) is 0.308. The number of halogens is 1. The van der Waals surface area contributed by atoms with Crippen molar-refractivity contribution >= 4 is 5.82 Å². The zero-order valence-electron chi connectivity index (χ0n) is 10.0. The lowest BCUT2D eigenvalue weighted by atomic mass is 10.00. The summed E-state index contributed by atoms with van der Waals surface area (Å²) in [5.41, 5.74) is 1.36. The summed E-state index contributed by atoms with van der Waals surface area (Å²) in [5, 5.41) is 6.23. The molecule has 2 N–H and O–H groups in total. The van der Waals surface area contributed by atoms with Gasteiger partial charge in [-0.1, -0.05) is 6.92 Å². The molecular formula is C13H14FN3O. The van der Waals surface area contributed by atoms with Crippen molar-refractivity contribution in [2.75, 3.05) is 11.9 Å². The first kappa shape index (κ1) is 11.1. The molecule has 1 aliphatic rings. The maximum absolute atomic E-state index is 12.9. The van der Waals surface area contributed by atoms with Crippen molar-refractivity contribution in [2.24, 2.45) is 5.92 Å². The Balaban J connectivity index is 2.09. The SMILES string of the molecule is C[C@H]1CNc2[nH]n(-c3ccc(F)cc3)c(=O)c2C1. The highest BCUT2D eigenvalue weighted by atomic mass is 19.1. The molecule has 0 bridgehead atoms. The van der Waals surface area contributed by atoms with Gasteiger partial charge >= 0.3 is 0 Å². The van der Waals surface area contributed by atoms with Gasteiger partial charge in [0, 0.05) is 6.54 Å². The van der Waals surface area contributed by atoms with Crippen LogP contribution in [0.1, 0.15) is 12.5 Å². The first-order chi connectivity index (χ1) is 8.65. The third-order valence-corrected chi connectivity index (χ3v) is 3.25. The number of nitrogens with one attached hydrogen (secondary N) is 2. The third kappa shape index (κ3) is 1.72. The molecule has 0 amide bonds. The largest absolute Gasteiger partial charge is 0.370 e. The Morgan fingerprint density at radius 3 is 2.78 bits per heavy atom. The first-order valence-electron chi connectivity index (χ1n) is 5.99. The highest BCUT2D eigenvalue weighted by molar-refractivity contribution is 5.48. The summed E-state index contributed by atoms with van der Waals surface area (Å²) in [6, 6.07) is 5.86. The Bertz CT molecular complexity index is 627. The Labute approximate surface area is 103 Å². The zero-order chi connectivity index (χ0) is 12.7. The number of H-pyrrole nitrogens is 1. The van der Waals surface area contributed by atoms with Crippen LogP contribution in [0.4, 0.5) is 10.2 Å². The van der Waals surface area contributed by atoms with E-state index in [1.54, 1.807) is 12.1 Å². The van der Waals surface area contributed by atoms with Crippen molar-refractivity contribution in [1.29, 1.82) is 0 Å². The van der Waals surface area contributed by atoms with E-state index in [4.69, 9.17) is 0 Å². The summed E-state index contributed by atoms with van der Waals surface area (Å²) in [6.07, 6.45) is 0.770. The lowest BCUT2D eigenvalue weighted by Gasteiger charge is -2.18. The molecule has 0 aliphatic carbocycles. The molecule has 0 spiro atoms. The standard InChI is InChI=1S/C13H14FN3O/c1-8-6-11-12(15-7-8)16-17(13(11)18)10-4-2-9(14)3-5-10/h2-5,8,15-16H,6-7H2,1H3/t8-/m1/s1. The van der Waals surface area contributed by atoms with E-state index in [0.717, 1.165) is 24.3 Å². The van der Waals surface area contributed by atoms with Crippen LogP contribution in [0.25, 0.3) is 5.69 Å². The van der Waals surface area contributed by atoms with Crippen molar-refractivity contribution in [1.82, 2.24) is 9.78 Å². The van der Waals surface area contributed by atoms with Crippen LogP contribution in [0.5, 0.6) is 0 Å². The van der Waals surface area contributed by atoms with Gasteiger partial charge < -0.3 is 5.32 Å². The third-order valence-electron chi connectivity index (χ3n) is 3.25. The molecule has 0 radical (unpaired) electrons. The molecule has 1 aromatic carbocycles. The molecule has 0 fully saturated rings. The molecule has 4 nitrogen and oxygen atoms in total. The Morgan fingerprint density at radius 1 is 1.33 bits per heavy atom. The molecule has 5 heteroatoms. The van der Waals surface area contributed by atoms with Crippen LogP contribution in [-0.4, -0.2) is 16.3 Å². The molecule has 3 rings (SSSR count). The van der Waals surface area contributed by atoms with Crippen LogP contribution in [0.2, 0.25) is 0 Å². The summed E-state index contributed by atoms with van der Waals surface area (Å²) in [6.45, 7) is 2.96. The summed E-state index contributed by atoms with van der Waals surface area (Å²) >= 11 is 0. The molecule has 0 saturated carbocycles. The van der Waals surface area contributed by atoms with Crippen LogP contribution in [0, 0.1) is 11.7 Å². The smallest absolute Gasteiger partial charge is 0.276 e. The van der Waals surface area contributed by atoms with E-state index in [1.165, 1.54) is 16.8 Å². The highest BCUT2D eigenvalue weighted by Crippen LogP contribution is 2.20. The van der Waals surface area contributed by atoms with Gasteiger partial charge in [-0.25, -0.2) is 9.07 Å². The predicted octanol–water partition coefficient (Wildman–Crippen LogP) is 1.91. The molecule has 1 atom stereocenters. The number of rotatable bonds is 1. The Morgan fingerprint density at radius 2 is 2.06 bits per heavy atom. The molecule has 0 saturated heterocycles. The van der Waals surface area contributed by atoms with Crippen LogP contribution in [0.3, 0.4) is 0 Å². The Kier molecular flexibility index (Phi) is 2.47. The summed E-state index contributed by atoms with van der Waals surface area (Å²) < 4.78 is 14.3. The lowest BCUT2D eigenvalue weighted by molar-refractivity contribution is 0.592. The minimum Gasteiger partial charge on any atom is -0.370 e. The van der Waals surface area contributed by atoms with Crippen LogP contribution < -0.4 is 10.9 Å². The van der Waals surface area contributed by atoms with Crippen molar-refractivity contribution in [2.45, 2.75) is 13.3 Å². The van der Waals surface area contributed by atoms with Gasteiger partial charge in [0.2, 0.25) is 0 Å². The quantitative estimate of drug-likeness (QED) is 0.808. The van der Waals surface area contributed by atoms with E-state index in [0.29, 0.717) is 11.6 Å². The van der Waals surface area contributed by atoms with Gasteiger partial charge in [0.1, 0.15) is 11.6 Å². The minimum absolute atomic E-state index is 0.0596. The number of aromatic nitrogens is 2. The van der Waals surface area contributed by atoms with Gasteiger partial charge in [-0.05, 0) is 36.6 Å². The van der Waals surface area contributed by atoms with Crippen molar-refractivity contribution in [3.63, 3.8) is 0 Å². The second-order valence-electron chi connectivity index (χ2n) is 4.77. The number of fused-ring (bicyclic) bond motifs is 1. The van der Waals surface area contributed by atoms with E-state index < -0.39 is 0 Å². The van der Waals surface area contributed by atoms with E-state index in [9.17, 15) is 9.18 Å². The first-order valence-corrected chi connectivity index (χ1v) is 5.99. The molecular weight excluding hydrogens is 233 g/mol. The fourth-order valence-electron chi connectivity index (χ4n) is 2.28. The molecule has 1 aliphatic heterocycles. The molecule has 0 unspecified atom stereocenters. The maximum atomic E-state index is 12.9. The minimum atomic E-state index is -0.310. The summed E-state index contributed by atoms with van der Waals surface area (Å²) in [7, 11) is 0. The van der Waals surface area contributed by atoms with Crippen LogP contribution in [-0.2, 0) is 6.42 Å². The van der Waals surface area contributed by atoms with Crippen LogP contribution in [0.15, 0.2) is 29.1 Å². The number of benzene rings is 1. The number of nitrogens with zero attached hydrogens (tertiary/aromatic N) is 1. The number of aromatic amines is 1. The second kappa shape index (κ2) is 4.01. The van der Waals surface area contributed by atoms with Gasteiger partial charge in [-0.3, -0.25) is 9.89 Å². The summed E-state index contributed by atoms with van der Waals surface area (Å²) in [4.78, 5) is 12.2.